The summed E-state index contributed by atoms with van der Waals surface area (Å²) < 4.78 is 33.9. The van der Waals surface area contributed by atoms with Crippen LogP contribution in [-0.2, 0) is 14.8 Å². The standard InChI is InChI=1S/C15H15N3O3S3/c19-24(20,14-2-1-9-22-14)17-11-3-4-12-13(10-11)23-15(16-12)18-5-7-21-8-6-18/h1-4,9-10,17H,5-8H2. The van der Waals surface area contributed by atoms with Crippen molar-refractivity contribution < 1.29 is 13.2 Å². The van der Waals surface area contributed by atoms with Crippen LogP contribution >= 0.6 is 22.7 Å². The Balaban J connectivity index is 1.61. The first-order chi connectivity index (χ1) is 11.6. The topological polar surface area (TPSA) is 71.5 Å². The fourth-order valence-corrected chi connectivity index (χ4v) is 5.59. The summed E-state index contributed by atoms with van der Waals surface area (Å²) in [4.78, 5) is 6.84. The Bertz CT molecular complexity index is 945. The van der Waals surface area contributed by atoms with Crippen LogP contribution in [0.2, 0.25) is 0 Å². The zero-order chi connectivity index (χ0) is 16.6. The molecule has 1 aromatic carbocycles. The van der Waals surface area contributed by atoms with Crippen LogP contribution in [0.15, 0.2) is 39.9 Å². The van der Waals surface area contributed by atoms with E-state index in [2.05, 4.69) is 14.6 Å². The van der Waals surface area contributed by atoms with Crippen molar-refractivity contribution in [3.63, 3.8) is 0 Å². The number of rotatable bonds is 4. The van der Waals surface area contributed by atoms with Gasteiger partial charge in [0.1, 0.15) is 4.21 Å². The highest BCUT2D eigenvalue weighted by Gasteiger charge is 2.18. The first kappa shape index (κ1) is 15.8. The van der Waals surface area contributed by atoms with E-state index in [1.165, 1.54) is 11.3 Å². The van der Waals surface area contributed by atoms with E-state index in [9.17, 15) is 8.42 Å². The molecule has 0 radical (unpaired) electrons. The Morgan fingerprint density at radius 2 is 2.04 bits per heavy atom. The second-order valence-corrected chi connectivity index (χ2v) is 9.18. The second kappa shape index (κ2) is 6.32. The molecule has 1 saturated heterocycles. The Kier molecular flexibility index (Phi) is 4.17. The molecule has 24 heavy (non-hydrogen) atoms. The molecular formula is C15H15N3O3S3. The SMILES string of the molecule is O=S(=O)(Nc1ccc2nc(N3CCOCC3)sc2c1)c1cccs1. The van der Waals surface area contributed by atoms with Crippen LogP contribution in [-0.4, -0.2) is 39.7 Å². The Labute approximate surface area is 147 Å². The zero-order valence-corrected chi connectivity index (χ0v) is 15.1. The van der Waals surface area contributed by atoms with Crippen molar-refractivity contribution in [2.45, 2.75) is 4.21 Å². The summed E-state index contributed by atoms with van der Waals surface area (Å²) in [7, 11) is -3.53. The summed E-state index contributed by atoms with van der Waals surface area (Å²) >= 11 is 2.77. The first-order valence-corrected chi connectivity index (χ1v) is 10.6. The van der Waals surface area contributed by atoms with Crippen LogP contribution in [0.1, 0.15) is 0 Å². The van der Waals surface area contributed by atoms with Crippen molar-refractivity contribution >= 4 is 53.7 Å². The lowest BCUT2D eigenvalue weighted by Gasteiger charge is -2.25. The highest BCUT2D eigenvalue weighted by atomic mass is 32.2. The Morgan fingerprint density at radius 3 is 2.79 bits per heavy atom. The first-order valence-electron chi connectivity index (χ1n) is 7.41. The molecule has 9 heteroatoms. The summed E-state index contributed by atoms with van der Waals surface area (Å²) in [5, 5.41) is 2.70. The van der Waals surface area contributed by atoms with E-state index in [1.807, 2.05) is 12.1 Å². The molecule has 1 aliphatic heterocycles. The summed E-state index contributed by atoms with van der Waals surface area (Å²) in [6, 6.07) is 8.75. The van der Waals surface area contributed by atoms with Crippen molar-refractivity contribution in [2.24, 2.45) is 0 Å². The number of thiophene rings is 1. The summed E-state index contributed by atoms with van der Waals surface area (Å²) in [6.45, 7) is 3.08. The number of sulfonamides is 1. The van der Waals surface area contributed by atoms with Gasteiger partial charge in [-0.3, -0.25) is 4.72 Å². The van der Waals surface area contributed by atoms with Gasteiger partial charge in [0.05, 0.1) is 29.1 Å². The molecule has 0 spiro atoms. The fourth-order valence-electron chi connectivity index (χ4n) is 2.49. The molecule has 0 atom stereocenters. The van der Waals surface area contributed by atoms with Gasteiger partial charge in [0.15, 0.2) is 5.13 Å². The number of thiazole rings is 1. The molecule has 1 fully saturated rings. The van der Waals surface area contributed by atoms with Gasteiger partial charge in [-0.1, -0.05) is 17.4 Å². The zero-order valence-electron chi connectivity index (χ0n) is 12.6. The molecule has 0 unspecified atom stereocenters. The molecule has 126 valence electrons. The van der Waals surface area contributed by atoms with Gasteiger partial charge in [0, 0.05) is 13.1 Å². The van der Waals surface area contributed by atoms with Gasteiger partial charge >= 0.3 is 0 Å². The summed E-state index contributed by atoms with van der Waals surface area (Å²) in [6.07, 6.45) is 0. The number of benzene rings is 1. The van der Waals surface area contributed by atoms with E-state index in [4.69, 9.17) is 4.74 Å². The lowest BCUT2D eigenvalue weighted by molar-refractivity contribution is 0.122. The molecule has 0 amide bonds. The van der Waals surface area contributed by atoms with Gasteiger partial charge in [0.25, 0.3) is 10.0 Å². The maximum absolute atomic E-state index is 12.3. The molecule has 0 aliphatic carbocycles. The van der Waals surface area contributed by atoms with Gasteiger partial charge in [-0.15, -0.1) is 11.3 Å². The third kappa shape index (κ3) is 3.12. The minimum Gasteiger partial charge on any atom is -0.378 e. The van der Waals surface area contributed by atoms with Crippen LogP contribution in [0.5, 0.6) is 0 Å². The van der Waals surface area contributed by atoms with Crippen molar-refractivity contribution in [1.82, 2.24) is 4.98 Å². The minimum atomic E-state index is -3.53. The predicted octanol–water partition coefficient (Wildman–Crippen LogP) is 3.00. The molecule has 6 nitrogen and oxygen atoms in total. The second-order valence-electron chi connectivity index (χ2n) is 5.32. The van der Waals surface area contributed by atoms with E-state index in [0.29, 0.717) is 23.1 Å². The van der Waals surface area contributed by atoms with Crippen LogP contribution in [0.25, 0.3) is 10.2 Å². The minimum absolute atomic E-state index is 0.306. The van der Waals surface area contributed by atoms with Crippen LogP contribution in [0.4, 0.5) is 10.8 Å². The highest BCUT2D eigenvalue weighted by molar-refractivity contribution is 7.94. The van der Waals surface area contributed by atoms with Crippen LogP contribution in [0.3, 0.4) is 0 Å². The van der Waals surface area contributed by atoms with E-state index in [0.717, 1.165) is 28.4 Å². The van der Waals surface area contributed by atoms with Gasteiger partial charge in [-0.2, -0.15) is 0 Å². The summed E-state index contributed by atoms with van der Waals surface area (Å²) in [5.41, 5.74) is 1.42. The maximum Gasteiger partial charge on any atom is 0.271 e. The molecule has 4 rings (SSSR count). The molecule has 0 bridgehead atoms. The smallest absolute Gasteiger partial charge is 0.271 e. The molecular weight excluding hydrogens is 366 g/mol. The van der Waals surface area contributed by atoms with Crippen molar-refractivity contribution in [3.05, 3.63) is 35.7 Å². The molecule has 0 saturated carbocycles. The number of hydrogen-bond acceptors (Lipinski definition) is 7. The maximum atomic E-state index is 12.3. The van der Waals surface area contributed by atoms with Crippen LogP contribution in [0, 0.1) is 0 Å². The van der Waals surface area contributed by atoms with Gasteiger partial charge < -0.3 is 9.64 Å². The van der Waals surface area contributed by atoms with Crippen LogP contribution < -0.4 is 9.62 Å². The third-order valence-electron chi connectivity index (χ3n) is 3.67. The average molecular weight is 382 g/mol. The molecule has 1 aliphatic rings. The molecule has 3 aromatic rings. The predicted molar refractivity (Wildman–Crippen MR) is 97.8 cm³/mol. The van der Waals surface area contributed by atoms with Crippen molar-refractivity contribution in [2.75, 3.05) is 35.9 Å². The van der Waals surface area contributed by atoms with Crippen molar-refractivity contribution in [1.29, 1.82) is 0 Å². The number of hydrogen-bond donors (Lipinski definition) is 1. The molecule has 3 heterocycles. The Hall–Kier alpha value is -1.68. The van der Waals surface area contributed by atoms with E-state index in [-0.39, 0.29) is 0 Å². The quantitative estimate of drug-likeness (QED) is 0.752. The number of morpholine rings is 1. The summed E-state index contributed by atoms with van der Waals surface area (Å²) in [5.74, 6) is 0. The number of ether oxygens (including phenoxy) is 1. The third-order valence-corrected chi connectivity index (χ3v) is 7.53. The fraction of sp³-hybridized carbons (Fsp3) is 0.267. The highest BCUT2D eigenvalue weighted by Crippen LogP contribution is 2.32. The largest absolute Gasteiger partial charge is 0.378 e. The van der Waals surface area contributed by atoms with E-state index < -0.39 is 10.0 Å². The van der Waals surface area contributed by atoms with Gasteiger partial charge in [-0.05, 0) is 29.6 Å². The van der Waals surface area contributed by atoms with Gasteiger partial charge in [-0.25, -0.2) is 13.4 Å². The van der Waals surface area contributed by atoms with Gasteiger partial charge in [0.2, 0.25) is 0 Å². The van der Waals surface area contributed by atoms with Crippen molar-refractivity contribution in [3.8, 4) is 0 Å². The molecule has 2 aromatic heterocycles. The lowest BCUT2D eigenvalue weighted by atomic mass is 10.3. The average Bonchev–Trinajstić information content (AvgIpc) is 3.25. The number of aromatic nitrogens is 1. The number of nitrogens with zero attached hydrogens (tertiary/aromatic N) is 2. The van der Waals surface area contributed by atoms with E-state index in [1.54, 1.807) is 34.9 Å². The van der Waals surface area contributed by atoms with E-state index >= 15 is 0 Å². The monoisotopic (exact) mass is 381 g/mol. The number of anilines is 2. The number of nitrogens with one attached hydrogen (secondary N) is 1. The lowest BCUT2D eigenvalue weighted by Crippen LogP contribution is -2.36. The molecule has 1 N–H and O–H groups in total. The Morgan fingerprint density at radius 1 is 1.21 bits per heavy atom. The number of fused-ring (bicyclic) bond motifs is 1. The normalized spacial score (nSPS) is 15.8.